The summed E-state index contributed by atoms with van der Waals surface area (Å²) in [6, 6.07) is 18.0. The van der Waals surface area contributed by atoms with Gasteiger partial charge in [0.2, 0.25) is 0 Å². The standard InChI is InChI=1S/C20H15ClN4/c21-19-7-2-1-4-17(19)13-25-9-8-20(24-25)16-6-3-5-15(10-16)18-11-22-14-23-12-18/h1-12,14H,13H2. The summed E-state index contributed by atoms with van der Waals surface area (Å²) in [4.78, 5) is 8.16. The van der Waals surface area contributed by atoms with E-state index in [2.05, 4.69) is 27.2 Å². The van der Waals surface area contributed by atoms with Crippen LogP contribution < -0.4 is 0 Å². The first-order valence-corrected chi connectivity index (χ1v) is 8.30. The molecule has 4 rings (SSSR count). The van der Waals surface area contributed by atoms with Crippen LogP contribution in [0.1, 0.15) is 5.56 Å². The van der Waals surface area contributed by atoms with Crippen LogP contribution in [0, 0.1) is 0 Å². The Morgan fingerprint density at radius 1 is 0.840 bits per heavy atom. The predicted octanol–water partition coefficient (Wildman–Crippen LogP) is 4.71. The molecule has 2 heterocycles. The lowest BCUT2D eigenvalue weighted by atomic mass is 10.0. The molecule has 4 aromatic rings. The van der Waals surface area contributed by atoms with Crippen molar-refractivity contribution in [1.82, 2.24) is 19.7 Å². The largest absolute Gasteiger partial charge is 0.268 e. The van der Waals surface area contributed by atoms with E-state index in [0.29, 0.717) is 6.54 Å². The molecule has 0 N–H and O–H groups in total. The van der Waals surface area contributed by atoms with Crippen molar-refractivity contribution in [3.05, 3.63) is 90.1 Å². The molecule has 25 heavy (non-hydrogen) atoms. The van der Waals surface area contributed by atoms with E-state index in [1.54, 1.807) is 0 Å². The SMILES string of the molecule is Clc1ccccc1Cn1ccc(-c2cccc(-c3cncnc3)c2)n1. The van der Waals surface area contributed by atoms with E-state index < -0.39 is 0 Å². The number of hydrogen-bond donors (Lipinski definition) is 0. The highest BCUT2D eigenvalue weighted by Gasteiger charge is 2.06. The summed E-state index contributed by atoms with van der Waals surface area (Å²) in [5.74, 6) is 0. The molecule has 0 aliphatic heterocycles. The molecule has 0 spiro atoms. The van der Waals surface area contributed by atoms with Crippen molar-refractivity contribution >= 4 is 11.6 Å². The Bertz CT molecular complexity index is 995. The number of benzene rings is 2. The summed E-state index contributed by atoms with van der Waals surface area (Å²) in [6.07, 6.45) is 7.12. The van der Waals surface area contributed by atoms with Gasteiger partial charge >= 0.3 is 0 Å². The molecular formula is C20H15ClN4. The number of rotatable bonds is 4. The van der Waals surface area contributed by atoms with Crippen LogP contribution in [-0.4, -0.2) is 19.7 Å². The maximum absolute atomic E-state index is 6.23. The van der Waals surface area contributed by atoms with Gasteiger partial charge in [-0.2, -0.15) is 5.10 Å². The lowest BCUT2D eigenvalue weighted by Crippen LogP contribution is -2.00. The minimum absolute atomic E-state index is 0.645. The Balaban J connectivity index is 1.61. The van der Waals surface area contributed by atoms with Gasteiger partial charge in [0.05, 0.1) is 12.2 Å². The second-order valence-corrected chi connectivity index (χ2v) is 6.11. The topological polar surface area (TPSA) is 43.6 Å². The van der Waals surface area contributed by atoms with Gasteiger partial charge < -0.3 is 0 Å². The Labute approximate surface area is 150 Å². The fourth-order valence-electron chi connectivity index (χ4n) is 2.71. The van der Waals surface area contributed by atoms with Crippen molar-refractivity contribution in [2.24, 2.45) is 0 Å². The first kappa shape index (κ1) is 15.5. The van der Waals surface area contributed by atoms with Crippen LogP contribution in [0.25, 0.3) is 22.4 Å². The van der Waals surface area contributed by atoms with Gasteiger partial charge in [0, 0.05) is 34.7 Å². The zero-order chi connectivity index (χ0) is 17.1. The van der Waals surface area contributed by atoms with Crippen LogP contribution in [0.4, 0.5) is 0 Å². The zero-order valence-corrected chi connectivity index (χ0v) is 14.1. The average molecular weight is 347 g/mol. The van der Waals surface area contributed by atoms with E-state index in [-0.39, 0.29) is 0 Å². The van der Waals surface area contributed by atoms with Gasteiger partial charge in [0.1, 0.15) is 6.33 Å². The molecule has 0 fully saturated rings. The molecule has 0 atom stereocenters. The van der Waals surface area contributed by atoms with Crippen molar-refractivity contribution in [3.8, 4) is 22.4 Å². The maximum atomic E-state index is 6.23. The molecule has 0 saturated carbocycles. The molecule has 0 unspecified atom stereocenters. The van der Waals surface area contributed by atoms with Crippen LogP contribution in [0.15, 0.2) is 79.5 Å². The van der Waals surface area contributed by atoms with Crippen molar-refractivity contribution in [2.45, 2.75) is 6.54 Å². The summed E-state index contributed by atoms with van der Waals surface area (Å²) in [5.41, 5.74) is 5.08. The Morgan fingerprint density at radius 3 is 2.48 bits per heavy atom. The smallest absolute Gasteiger partial charge is 0.115 e. The Hall–Kier alpha value is -2.98. The van der Waals surface area contributed by atoms with Gasteiger partial charge in [0.15, 0.2) is 0 Å². The summed E-state index contributed by atoms with van der Waals surface area (Å²) >= 11 is 6.23. The van der Waals surface area contributed by atoms with Gasteiger partial charge in [-0.15, -0.1) is 0 Å². The molecular weight excluding hydrogens is 332 g/mol. The van der Waals surface area contributed by atoms with E-state index in [1.165, 1.54) is 6.33 Å². The van der Waals surface area contributed by atoms with Gasteiger partial charge in [-0.05, 0) is 29.3 Å². The summed E-state index contributed by atoms with van der Waals surface area (Å²) in [5, 5.41) is 5.43. The van der Waals surface area contributed by atoms with Crippen LogP contribution in [-0.2, 0) is 6.54 Å². The number of halogens is 1. The third-order valence-corrected chi connectivity index (χ3v) is 4.35. The van der Waals surface area contributed by atoms with E-state index in [9.17, 15) is 0 Å². The van der Waals surface area contributed by atoms with Crippen LogP contribution in [0.2, 0.25) is 5.02 Å². The summed E-state index contributed by atoms with van der Waals surface area (Å²) < 4.78 is 1.90. The minimum atomic E-state index is 0.645. The second kappa shape index (κ2) is 6.87. The molecule has 0 bridgehead atoms. The average Bonchev–Trinajstić information content (AvgIpc) is 3.13. The predicted molar refractivity (Wildman–Crippen MR) is 99.2 cm³/mol. The van der Waals surface area contributed by atoms with Crippen molar-refractivity contribution < 1.29 is 0 Å². The van der Waals surface area contributed by atoms with Crippen molar-refractivity contribution in [3.63, 3.8) is 0 Å². The molecule has 4 nitrogen and oxygen atoms in total. The molecule has 0 aliphatic carbocycles. The highest BCUT2D eigenvalue weighted by Crippen LogP contribution is 2.25. The molecule has 0 amide bonds. The number of nitrogens with zero attached hydrogens (tertiary/aromatic N) is 4. The summed E-state index contributed by atoms with van der Waals surface area (Å²) in [7, 11) is 0. The molecule has 0 radical (unpaired) electrons. The first-order chi connectivity index (χ1) is 12.3. The Morgan fingerprint density at radius 2 is 1.64 bits per heavy atom. The monoisotopic (exact) mass is 346 g/mol. The molecule has 0 aliphatic rings. The van der Waals surface area contributed by atoms with Gasteiger partial charge in [-0.3, -0.25) is 4.68 Å². The molecule has 122 valence electrons. The third kappa shape index (κ3) is 3.44. The number of hydrogen-bond acceptors (Lipinski definition) is 3. The van der Waals surface area contributed by atoms with Crippen LogP contribution in [0.5, 0.6) is 0 Å². The van der Waals surface area contributed by atoms with Crippen molar-refractivity contribution in [2.75, 3.05) is 0 Å². The second-order valence-electron chi connectivity index (χ2n) is 5.70. The van der Waals surface area contributed by atoms with Gasteiger partial charge in [-0.25, -0.2) is 9.97 Å². The molecule has 2 aromatic heterocycles. The quantitative estimate of drug-likeness (QED) is 0.537. The zero-order valence-electron chi connectivity index (χ0n) is 13.4. The lowest BCUT2D eigenvalue weighted by molar-refractivity contribution is 0.689. The molecule has 2 aromatic carbocycles. The minimum Gasteiger partial charge on any atom is -0.268 e. The van der Waals surface area contributed by atoms with E-state index in [1.807, 2.05) is 65.7 Å². The summed E-state index contributed by atoms with van der Waals surface area (Å²) in [6.45, 7) is 0.645. The van der Waals surface area contributed by atoms with Crippen LogP contribution >= 0.6 is 11.6 Å². The first-order valence-electron chi connectivity index (χ1n) is 7.92. The fraction of sp³-hybridized carbons (Fsp3) is 0.0500. The third-order valence-electron chi connectivity index (χ3n) is 3.98. The lowest BCUT2D eigenvalue weighted by Gasteiger charge is -2.05. The highest BCUT2D eigenvalue weighted by molar-refractivity contribution is 6.31. The maximum Gasteiger partial charge on any atom is 0.115 e. The van der Waals surface area contributed by atoms with Gasteiger partial charge in [-0.1, -0.05) is 48.0 Å². The Kier molecular flexibility index (Phi) is 4.27. The molecule has 5 heteroatoms. The fourth-order valence-corrected chi connectivity index (χ4v) is 2.91. The van der Waals surface area contributed by atoms with E-state index in [0.717, 1.165) is 33.0 Å². The van der Waals surface area contributed by atoms with E-state index >= 15 is 0 Å². The van der Waals surface area contributed by atoms with Gasteiger partial charge in [0.25, 0.3) is 0 Å². The van der Waals surface area contributed by atoms with E-state index in [4.69, 9.17) is 11.6 Å². The highest BCUT2D eigenvalue weighted by atomic mass is 35.5. The molecule has 0 saturated heterocycles. The van der Waals surface area contributed by atoms with Crippen LogP contribution in [0.3, 0.4) is 0 Å². The normalized spacial score (nSPS) is 10.8. The number of aromatic nitrogens is 4. The van der Waals surface area contributed by atoms with Crippen molar-refractivity contribution in [1.29, 1.82) is 0 Å².